The van der Waals surface area contributed by atoms with Gasteiger partial charge in [0.2, 0.25) is 5.91 Å². The summed E-state index contributed by atoms with van der Waals surface area (Å²) < 4.78 is 13.5. The third-order valence-electron chi connectivity index (χ3n) is 3.36. The Bertz CT molecular complexity index is 560. The fourth-order valence-corrected chi connectivity index (χ4v) is 2.74. The quantitative estimate of drug-likeness (QED) is 0.867. The van der Waals surface area contributed by atoms with Crippen molar-refractivity contribution in [1.82, 2.24) is 4.90 Å². The topological polar surface area (TPSA) is 49.4 Å². The molecule has 1 unspecified atom stereocenters. The molecule has 1 atom stereocenters. The number of nitrogens with zero attached hydrogens (tertiary/aromatic N) is 1. The van der Waals surface area contributed by atoms with Crippen LogP contribution in [0.2, 0.25) is 0 Å². The number of likely N-dealkylation sites (tertiary alicyclic amines) is 1. The molecule has 1 heterocycles. The Balaban J connectivity index is 1.76. The SMILES string of the molecule is O=C1CC(Nc2ccc(F)cc2Br)C(=O)N1C1CC1. The highest BCUT2D eigenvalue weighted by molar-refractivity contribution is 9.10. The minimum atomic E-state index is -0.546. The summed E-state index contributed by atoms with van der Waals surface area (Å²) in [4.78, 5) is 25.3. The van der Waals surface area contributed by atoms with Crippen LogP contribution >= 0.6 is 15.9 Å². The average molecular weight is 327 g/mol. The van der Waals surface area contributed by atoms with E-state index >= 15 is 0 Å². The molecule has 2 fully saturated rings. The number of hydrogen-bond acceptors (Lipinski definition) is 3. The summed E-state index contributed by atoms with van der Waals surface area (Å²) in [7, 11) is 0. The Morgan fingerprint density at radius 2 is 2.05 bits per heavy atom. The second kappa shape index (κ2) is 4.59. The Morgan fingerprint density at radius 1 is 1.32 bits per heavy atom. The molecule has 0 bridgehead atoms. The third kappa shape index (κ3) is 2.36. The van der Waals surface area contributed by atoms with Gasteiger partial charge in [-0.1, -0.05) is 0 Å². The lowest BCUT2D eigenvalue weighted by Gasteiger charge is -2.16. The van der Waals surface area contributed by atoms with Gasteiger partial charge in [0.15, 0.2) is 0 Å². The number of amides is 2. The molecule has 2 amide bonds. The first-order chi connectivity index (χ1) is 9.06. The van der Waals surface area contributed by atoms with E-state index in [1.807, 2.05) is 0 Å². The third-order valence-corrected chi connectivity index (χ3v) is 4.01. The maximum Gasteiger partial charge on any atom is 0.252 e. The molecular weight excluding hydrogens is 315 g/mol. The Morgan fingerprint density at radius 3 is 2.68 bits per heavy atom. The van der Waals surface area contributed by atoms with Crippen molar-refractivity contribution in [2.45, 2.75) is 31.3 Å². The van der Waals surface area contributed by atoms with Gasteiger partial charge in [-0.15, -0.1) is 0 Å². The lowest BCUT2D eigenvalue weighted by atomic mass is 10.2. The summed E-state index contributed by atoms with van der Waals surface area (Å²) >= 11 is 3.23. The number of carbonyl (C=O) groups is 2. The smallest absolute Gasteiger partial charge is 0.252 e. The van der Waals surface area contributed by atoms with E-state index in [9.17, 15) is 14.0 Å². The molecule has 1 aliphatic heterocycles. The molecule has 19 heavy (non-hydrogen) atoms. The van der Waals surface area contributed by atoms with E-state index in [1.54, 1.807) is 6.07 Å². The van der Waals surface area contributed by atoms with Gasteiger partial charge < -0.3 is 5.32 Å². The van der Waals surface area contributed by atoms with E-state index in [2.05, 4.69) is 21.2 Å². The first-order valence-corrected chi connectivity index (χ1v) is 6.93. The van der Waals surface area contributed by atoms with Crippen LogP contribution in [0, 0.1) is 5.82 Å². The van der Waals surface area contributed by atoms with Gasteiger partial charge in [0, 0.05) is 16.2 Å². The molecule has 1 aromatic carbocycles. The zero-order chi connectivity index (χ0) is 13.6. The summed E-state index contributed by atoms with van der Waals surface area (Å²) in [5.41, 5.74) is 0.616. The standard InChI is InChI=1S/C13H12BrFN2O2/c14-9-5-7(15)1-4-10(9)16-11-6-12(18)17(13(11)19)8-2-3-8/h1,4-5,8,11,16H,2-3,6H2. The number of halogens is 2. The number of rotatable bonds is 3. The molecule has 100 valence electrons. The number of benzene rings is 1. The Kier molecular flexibility index (Phi) is 3.05. The zero-order valence-corrected chi connectivity index (χ0v) is 11.6. The van der Waals surface area contributed by atoms with Crippen LogP contribution in [0.3, 0.4) is 0 Å². The lowest BCUT2D eigenvalue weighted by Crippen LogP contribution is -2.36. The Labute approximate surface area is 118 Å². The number of hydrogen-bond donors (Lipinski definition) is 1. The highest BCUT2D eigenvalue weighted by atomic mass is 79.9. The van der Waals surface area contributed by atoms with E-state index in [4.69, 9.17) is 0 Å². The molecule has 3 rings (SSSR count). The van der Waals surface area contributed by atoms with Crippen molar-refractivity contribution in [3.63, 3.8) is 0 Å². The molecule has 0 radical (unpaired) electrons. The molecule has 0 aromatic heterocycles. The maximum atomic E-state index is 13.0. The predicted molar refractivity (Wildman–Crippen MR) is 71.0 cm³/mol. The molecule has 4 nitrogen and oxygen atoms in total. The summed E-state index contributed by atoms with van der Waals surface area (Å²) in [5, 5.41) is 3.00. The Hall–Kier alpha value is -1.43. The van der Waals surface area contributed by atoms with E-state index in [1.165, 1.54) is 17.0 Å². The van der Waals surface area contributed by atoms with E-state index in [-0.39, 0.29) is 30.1 Å². The molecule has 2 aliphatic rings. The van der Waals surface area contributed by atoms with Crippen LogP contribution in [-0.2, 0) is 9.59 Å². The molecule has 1 saturated heterocycles. The average Bonchev–Trinajstić information content (AvgIpc) is 3.12. The van der Waals surface area contributed by atoms with Gasteiger partial charge in [0.1, 0.15) is 11.9 Å². The number of carbonyl (C=O) groups excluding carboxylic acids is 2. The van der Waals surface area contributed by atoms with Crippen LogP contribution < -0.4 is 5.32 Å². The fourth-order valence-electron chi connectivity index (χ4n) is 2.27. The van der Waals surface area contributed by atoms with Crippen molar-refractivity contribution < 1.29 is 14.0 Å². The predicted octanol–water partition coefficient (Wildman–Crippen LogP) is 2.29. The number of imide groups is 1. The second-order valence-corrected chi connectivity index (χ2v) is 5.71. The van der Waals surface area contributed by atoms with Crippen LogP contribution in [0.1, 0.15) is 19.3 Å². The van der Waals surface area contributed by atoms with Gasteiger partial charge in [-0.25, -0.2) is 4.39 Å². The van der Waals surface area contributed by atoms with Gasteiger partial charge in [-0.05, 0) is 47.0 Å². The van der Waals surface area contributed by atoms with Crippen molar-refractivity contribution in [3.8, 4) is 0 Å². The van der Waals surface area contributed by atoms with Gasteiger partial charge in [-0.3, -0.25) is 14.5 Å². The zero-order valence-electron chi connectivity index (χ0n) is 10.0. The van der Waals surface area contributed by atoms with Gasteiger partial charge in [0.05, 0.1) is 6.42 Å². The van der Waals surface area contributed by atoms with Crippen molar-refractivity contribution >= 4 is 33.4 Å². The molecule has 1 aromatic rings. The molecule has 0 spiro atoms. The molecule has 1 saturated carbocycles. The number of nitrogens with one attached hydrogen (secondary N) is 1. The van der Waals surface area contributed by atoms with E-state index < -0.39 is 6.04 Å². The summed E-state index contributed by atoms with van der Waals surface area (Å²) in [6, 6.07) is 3.74. The maximum absolute atomic E-state index is 13.0. The van der Waals surface area contributed by atoms with Crippen molar-refractivity contribution in [2.24, 2.45) is 0 Å². The monoisotopic (exact) mass is 326 g/mol. The van der Waals surface area contributed by atoms with E-state index in [0.717, 1.165) is 12.8 Å². The minimum absolute atomic E-state index is 0.100. The summed E-state index contributed by atoms with van der Waals surface area (Å²) in [6.45, 7) is 0. The second-order valence-electron chi connectivity index (χ2n) is 4.86. The van der Waals surface area contributed by atoms with Crippen LogP contribution in [0.5, 0.6) is 0 Å². The van der Waals surface area contributed by atoms with Crippen LogP contribution in [-0.4, -0.2) is 28.8 Å². The highest BCUT2D eigenvalue weighted by Gasteiger charge is 2.46. The van der Waals surface area contributed by atoms with Crippen molar-refractivity contribution in [2.75, 3.05) is 5.32 Å². The van der Waals surface area contributed by atoms with Gasteiger partial charge >= 0.3 is 0 Å². The van der Waals surface area contributed by atoms with Crippen LogP contribution in [0.15, 0.2) is 22.7 Å². The van der Waals surface area contributed by atoms with Gasteiger partial charge in [-0.2, -0.15) is 0 Å². The first-order valence-electron chi connectivity index (χ1n) is 6.14. The highest BCUT2D eigenvalue weighted by Crippen LogP contribution is 2.33. The normalized spacial score (nSPS) is 23.1. The fraction of sp³-hybridized carbons (Fsp3) is 0.385. The molecular formula is C13H12BrFN2O2. The van der Waals surface area contributed by atoms with E-state index in [0.29, 0.717) is 10.2 Å². The largest absolute Gasteiger partial charge is 0.372 e. The van der Waals surface area contributed by atoms with Crippen molar-refractivity contribution in [1.29, 1.82) is 0 Å². The minimum Gasteiger partial charge on any atom is -0.372 e. The van der Waals surface area contributed by atoms with Gasteiger partial charge in [0.25, 0.3) is 5.91 Å². The molecule has 6 heteroatoms. The first kappa shape index (κ1) is 12.6. The molecule has 1 aliphatic carbocycles. The summed E-state index contributed by atoms with van der Waals surface area (Å²) in [5.74, 6) is -0.655. The molecule has 1 N–H and O–H groups in total. The van der Waals surface area contributed by atoms with Crippen molar-refractivity contribution in [3.05, 3.63) is 28.5 Å². The van der Waals surface area contributed by atoms with Crippen LogP contribution in [0.25, 0.3) is 0 Å². The summed E-state index contributed by atoms with van der Waals surface area (Å²) in [6.07, 6.45) is 1.98. The lowest BCUT2D eigenvalue weighted by molar-refractivity contribution is -0.139. The number of anilines is 1. The van der Waals surface area contributed by atoms with Crippen LogP contribution in [0.4, 0.5) is 10.1 Å².